The number of nitrogens with one attached hydrogen (secondary N) is 1. The van der Waals surface area contributed by atoms with Gasteiger partial charge in [0.15, 0.2) is 4.34 Å². The number of thioether (sulfide) groups is 1. The number of hydrogen-bond donors (Lipinski definition) is 1. The van der Waals surface area contributed by atoms with Crippen molar-refractivity contribution in [1.82, 2.24) is 20.3 Å². The van der Waals surface area contributed by atoms with Gasteiger partial charge in [0.2, 0.25) is 5.13 Å². The lowest BCUT2D eigenvalue weighted by atomic mass is 9.83. The molecule has 3 heterocycles. The maximum absolute atomic E-state index is 12.1. The van der Waals surface area contributed by atoms with E-state index >= 15 is 0 Å². The standard InChI is InChI=1S/C13H18N6O2S2/c1-13(2)4-6-19(7-5-13)11-14-8(18-21-11)9(20)15-10-16-17-12(22-3)23-10/h4-7H2,1-3H3,(H,15,16,20). The Morgan fingerprint density at radius 2 is 2.09 bits per heavy atom. The highest BCUT2D eigenvalue weighted by Gasteiger charge is 2.28. The van der Waals surface area contributed by atoms with Crippen molar-refractivity contribution >= 4 is 40.2 Å². The van der Waals surface area contributed by atoms with Gasteiger partial charge in [0.25, 0.3) is 11.7 Å². The van der Waals surface area contributed by atoms with Gasteiger partial charge >= 0.3 is 6.01 Å². The zero-order valence-electron chi connectivity index (χ0n) is 13.2. The van der Waals surface area contributed by atoms with Crippen LogP contribution in [0.1, 0.15) is 37.3 Å². The molecule has 23 heavy (non-hydrogen) atoms. The summed E-state index contributed by atoms with van der Waals surface area (Å²) in [7, 11) is 0. The molecule has 2 aromatic heterocycles. The van der Waals surface area contributed by atoms with E-state index in [2.05, 4.69) is 39.5 Å². The smallest absolute Gasteiger partial charge is 0.324 e. The van der Waals surface area contributed by atoms with E-state index in [9.17, 15) is 4.79 Å². The van der Waals surface area contributed by atoms with Crippen LogP contribution in [0.3, 0.4) is 0 Å². The summed E-state index contributed by atoms with van der Waals surface area (Å²) in [5.74, 6) is -0.438. The van der Waals surface area contributed by atoms with Crippen molar-refractivity contribution in [3.05, 3.63) is 5.82 Å². The maximum Gasteiger partial charge on any atom is 0.324 e. The molecule has 0 radical (unpaired) electrons. The molecule has 1 aliphatic rings. The Bertz CT molecular complexity index is 688. The largest absolute Gasteiger partial charge is 0.324 e. The van der Waals surface area contributed by atoms with E-state index in [1.54, 1.807) is 0 Å². The fourth-order valence-corrected chi connectivity index (χ4v) is 3.40. The number of piperidine rings is 1. The van der Waals surface area contributed by atoms with Crippen molar-refractivity contribution in [3.8, 4) is 0 Å². The molecule has 0 aromatic carbocycles. The molecule has 124 valence electrons. The Hall–Kier alpha value is -1.68. The number of carbonyl (C=O) groups excluding carboxylic acids is 1. The quantitative estimate of drug-likeness (QED) is 0.661. The second-order valence-corrected chi connectivity index (χ2v) is 8.11. The van der Waals surface area contributed by atoms with Crippen LogP contribution in [0.2, 0.25) is 0 Å². The van der Waals surface area contributed by atoms with Gasteiger partial charge < -0.3 is 9.42 Å². The van der Waals surface area contributed by atoms with Gasteiger partial charge in [0.1, 0.15) is 0 Å². The van der Waals surface area contributed by atoms with Crippen LogP contribution in [0, 0.1) is 5.41 Å². The number of amides is 1. The highest BCUT2D eigenvalue weighted by molar-refractivity contribution is 8.00. The lowest BCUT2D eigenvalue weighted by Crippen LogP contribution is -2.37. The lowest BCUT2D eigenvalue weighted by molar-refractivity contribution is 0.101. The second-order valence-electron chi connectivity index (χ2n) is 6.08. The third-order valence-corrected chi connectivity index (χ3v) is 5.62. The van der Waals surface area contributed by atoms with Crippen LogP contribution < -0.4 is 10.2 Å². The summed E-state index contributed by atoms with van der Waals surface area (Å²) in [4.78, 5) is 18.3. The number of rotatable bonds is 4. The SMILES string of the molecule is CSc1nnc(NC(=O)c2noc(N3CCC(C)(C)CC3)n2)s1. The van der Waals surface area contributed by atoms with Crippen molar-refractivity contribution in [2.24, 2.45) is 5.41 Å². The summed E-state index contributed by atoms with van der Waals surface area (Å²) in [6, 6.07) is 0.396. The molecule has 0 spiro atoms. The highest BCUT2D eigenvalue weighted by atomic mass is 32.2. The van der Waals surface area contributed by atoms with Gasteiger partial charge in [0, 0.05) is 13.1 Å². The van der Waals surface area contributed by atoms with Gasteiger partial charge in [-0.25, -0.2) is 0 Å². The van der Waals surface area contributed by atoms with Gasteiger partial charge in [0.05, 0.1) is 0 Å². The Kier molecular flexibility index (Phi) is 4.53. The third kappa shape index (κ3) is 3.81. The number of hydrogen-bond acceptors (Lipinski definition) is 9. The van der Waals surface area contributed by atoms with Gasteiger partial charge in [-0.15, -0.1) is 10.2 Å². The summed E-state index contributed by atoms with van der Waals surface area (Å²) in [6.07, 6.45) is 4.01. The molecule has 1 fully saturated rings. The molecule has 3 rings (SSSR count). The van der Waals surface area contributed by atoms with Crippen LogP contribution in [-0.2, 0) is 0 Å². The predicted molar refractivity (Wildman–Crippen MR) is 89.2 cm³/mol. The predicted octanol–water partition coefficient (Wildman–Crippen LogP) is 2.52. The minimum Gasteiger partial charge on any atom is -0.324 e. The first kappa shape index (κ1) is 16.2. The van der Waals surface area contributed by atoms with E-state index in [4.69, 9.17) is 4.52 Å². The maximum atomic E-state index is 12.1. The van der Waals surface area contributed by atoms with Crippen LogP contribution in [0.5, 0.6) is 0 Å². The number of carbonyl (C=O) groups is 1. The minimum absolute atomic E-state index is 0.00531. The third-order valence-electron chi connectivity index (χ3n) is 3.81. The van der Waals surface area contributed by atoms with Crippen molar-refractivity contribution < 1.29 is 9.32 Å². The molecule has 0 unspecified atom stereocenters. The van der Waals surface area contributed by atoms with E-state index in [1.165, 1.54) is 23.1 Å². The Morgan fingerprint density at radius 1 is 1.35 bits per heavy atom. The molecule has 1 aliphatic heterocycles. The summed E-state index contributed by atoms with van der Waals surface area (Å²) >= 11 is 2.78. The fourth-order valence-electron chi connectivity index (χ4n) is 2.24. The molecule has 0 bridgehead atoms. The van der Waals surface area contributed by atoms with Crippen LogP contribution in [0.25, 0.3) is 0 Å². The first-order valence-corrected chi connectivity index (χ1v) is 9.28. The average molecular weight is 354 g/mol. The lowest BCUT2D eigenvalue weighted by Gasteiger charge is -2.35. The topological polar surface area (TPSA) is 97.0 Å². The summed E-state index contributed by atoms with van der Waals surface area (Å²) in [5, 5.41) is 14.6. The molecule has 1 N–H and O–H groups in total. The molecule has 0 aliphatic carbocycles. The molecule has 1 saturated heterocycles. The van der Waals surface area contributed by atoms with E-state index in [-0.39, 0.29) is 5.82 Å². The van der Waals surface area contributed by atoms with E-state index in [0.717, 1.165) is 30.3 Å². The number of nitrogens with zero attached hydrogens (tertiary/aromatic N) is 5. The zero-order valence-corrected chi connectivity index (χ0v) is 14.8. The first-order valence-electron chi connectivity index (χ1n) is 7.24. The van der Waals surface area contributed by atoms with E-state index in [1.807, 2.05) is 11.2 Å². The van der Waals surface area contributed by atoms with Crippen molar-refractivity contribution in [2.45, 2.75) is 31.0 Å². The van der Waals surface area contributed by atoms with Crippen molar-refractivity contribution in [2.75, 3.05) is 29.6 Å². The van der Waals surface area contributed by atoms with Crippen LogP contribution in [0.15, 0.2) is 8.86 Å². The zero-order chi connectivity index (χ0) is 16.4. The van der Waals surface area contributed by atoms with Crippen LogP contribution in [-0.4, -0.2) is 45.6 Å². The van der Waals surface area contributed by atoms with Gasteiger partial charge in [-0.2, -0.15) is 4.98 Å². The second kappa shape index (κ2) is 6.44. The highest BCUT2D eigenvalue weighted by Crippen LogP contribution is 2.31. The van der Waals surface area contributed by atoms with Crippen LogP contribution in [0.4, 0.5) is 11.1 Å². The average Bonchev–Trinajstić information content (AvgIpc) is 3.16. The molecule has 8 nitrogen and oxygen atoms in total. The van der Waals surface area contributed by atoms with Crippen molar-refractivity contribution in [3.63, 3.8) is 0 Å². The van der Waals surface area contributed by atoms with Crippen LogP contribution >= 0.6 is 23.1 Å². The summed E-state index contributed by atoms with van der Waals surface area (Å²) in [5.41, 5.74) is 0.337. The summed E-state index contributed by atoms with van der Waals surface area (Å²) < 4.78 is 6.01. The van der Waals surface area contributed by atoms with E-state index < -0.39 is 5.91 Å². The monoisotopic (exact) mass is 354 g/mol. The van der Waals surface area contributed by atoms with Gasteiger partial charge in [-0.05, 0) is 29.7 Å². The van der Waals surface area contributed by atoms with Crippen molar-refractivity contribution in [1.29, 1.82) is 0 Å². The Balaban J connectivity index is 1.63. The Labute approximate surface area is 142 Å². The minimum atomic E-state index is -0.443. The van der Waals surface area contributed by atoms with Gasteiger partial charge in [-0.1, -0.05) is 36.9 Å². The first-order chi connectivity index (χ1) is 11.0. The molecule has 10 heteroatoms. The molecule has 2 aromatic rings. The molecular formula is C13H18N6O2S2. The Morgan fingerprint density at radius 3 is 2.74 bits per heavy atom. The van der Waals surface area contributed by atoms with E-state index in [0.29, 0.717) is 16.6 Å². The summed E-state index contributed by atoms with van der Waals surface area (Å²) in [6.45, 7) is 6.21. The van der Waals surface area contributed by atoms with Gasteiger partial charge in [-0.3, -0.25) is 10.1 Å². The molecule has 0 atom stereocenters. The normalized spacial score (nSPS) is 17.3. The number of aromatic nitrogens is 4. The molecule has 1 amide bonds. The molecular weight excluding hydrogens is 336 g/mol. The number of anilines is 2. The molecule has 0 saturated carbocycles. The fraction of sp³-hybridized carbons (Fsp3) is 0.615.